The normalized spacial score (nSPS) is 10.7. The number of hydrogen-bond acceptors (Lipinski definition) is 5. The van der Waals surface area contributed by atoms with Gasteiger partial charge in [-0.15, -0.1) is 0 Å². The van der Waals surface area contributed by atoms with Crippen molar-refractivity contribution in [2.45, 2.75) is 19.7 Å². The van der Waals surface area contributed by atoms with E-state index in [0.29, 0.717) is 35.7 Å². The van der Waals surface area contributed by atoms with E-state index in [1.165, 1.54) is 10.8 Å². The number of hydrogen-bond donors (Lipinski definition) is 1. The number of nitrogens with zero attached hydrogens (tertiary/aromatic N) is 2. The van der Waals surface area contributed by atoms with Crippen LogP contribution in [0.4, 0.5) is 0 Å². The van der Waals surface area contributed by atoms with E-state index >= 15 is 0 Å². The molecule has 0 radical (unpaired) electrons. The van der Waals surface area contributed by atoms with E-state index in [0.717, 1.165) is 11.1 Å². The summed E-state index contributed by atoms with van der Waals surface area (Å²) in [5.41, 5.74) is 2.88. The Labute approximate surface area is 185 Å². The van der Waals surface area contributed by atoms with Crippen molar-refractivity contribution in [3.05, 3.63) is 100 Å². The number of rotatable bonds is 8. The fourth-order valence-electron chi connectivity index (χ4n) is 3.35. The second kappa shape index (κ2) is 9.78. The highest BCUT2D eigenvalue weighted by Crippen LogP contribution is 2.28. The van der Waals surface area contributed by atoms with Gasteiger partial charge in [0.2, 0.25) is 5.91 Å². The van der Waals surface area contributed by atoms with E-state index in [1.54, 1.807) is 19.2 Å². The van der Waals surface area contributed by atoms with E-state index in [-0.39, 0.29) is 18.0 Å². The molecule has 1 amide bonds. The molecule has 0 saturated carbocycles. The molecular formula is C25H23N3O4. The first-order chi connectivity index (χ1) is 15.6. The average Bonchev–Trinajstić information content (AvgIpc) is 2.84. The van der Waals surface area contributed by atoms with Gasteiger partial charge in [-0.05, 0) is 35.4 Å². The second-order valence-corrected chi connectivity index (χ2v) is 7.21. The number of benzene rings is 3. The van der Waals surface area contributed by atoms with E-state index < -0.39 is 0 Å². The Hall–Kier alpha value is -4.13. The molecule has 4 aromatic rings. The van der Waals surface area contributed by atoms with Gasteiger partial charge in [0.05, 0.1) is 24.3 Å². The lowest BCUT2D eigenvalue weighted by Gasteiger charge is -2.13. The first kappa shape index (κ1) is 21.1. The van der Waals surface area contributed by atoms with Gasteiger partial charge in [-0.1, -0.05) is 48.5 Å². The molecule has 1 aromatic heterocycles. The van der Waals surface area contributed by atoms with Crippen molar-refractivity contribution in [3.8, 4) is 11.5 Å². The molecule has 0 atom stereocenters. The van der Waals surface area contributed by atoms with Crippen LogP contribution in [0.15, 0.2) is 83.8 Å². The largest absolute Gasteiger partial charge is 0.493 e. The van der Waals surface area contributed by atoms with E-state index in [1.807, 2.05) is 60.7 Å². The maximum Gasteiger partial charge on any atom is 0.269 e. The van der Waals surface area contributed by atoms with Gasteiger partial charge in [0.15, 0.2) is 11.5 Å². The van der Waals surface area contributed by atoms with Crippen LogP contribution in [0.2, 0.25) is 0 Å². The molecule has 1 N–H and O–H groups in total. The van der Waals surface area contributed by atoms with Crippen LogP contribution in [0.1, 0.15) is 11.1 Å². The minimum Gasteiger partial charge on any atom is -0.493 e. The molecule has 0 fully saturated rings. The zero-order chi connectivity index (χ0) is 22.3. The van der Waals surface area contributed by atoms with Crippen LogP contribution in [0.3, 0.4) is 0 Å². The number of amides is 1. The number of methoxy groups -OCH3 is 1. The summed E-state index contributed by atoms with van der Waals surface area (Å²) < 4.78 is 12.7. The minimum absolute atomic E-state index is 0.0860. The van der Waals surface area contributed by atoms with Gasteiger partial charge in [-0.2, -0.15) is 0 Å². The number of ether oxygens (including phenoxy) is 2. The van der Waals surface area contributed by atoms with Gasteiger partial charge >= 0.3 is 0 Å². The molecule has 0 saturated heterocycles. The lowest BCUT2D eigenvalue weighted by atomic mass is 10.2. The number of para-hydroxylation sites is 2. The standard InChI is InChI=1S/C25H23N3O4/c1-31-23-13-19(11-12-22(23)32-17-18-7-3-2-4-8-18)14-27-24(29)16-28-21-10-6-5-9-20(21)26-15-25(28)30/h2-13,15H,14,16-17H2,1H3,(H,27,29). The molecule has 0 bridgehead atoms. The number of nitrogens with one attached hydrogen (secondary N) is 1. The van der Waals surface area contributed by atoms with Gasteiger partial charge in [0, 0.05) is 6.54 Å². The quantitative estimate of drug-likeness (QED) is 0.465. The van der Waals surface area contributed by atoms with Crippen molar-refractivity contribution in [1.29, 1.82) is 0 Å². The van der Waals surface area contributed by atoms with Crippen molar-refractivity contribution in [2.75, 3.05) is 7.11 Å². The van der Waals surface area contributed by atoms with Gasteiger partial charge in [0.1, 0.15) is 13.2 Å². The number of carbonyl (C=O) groups is 1. The summed E-state index contributed by atoms with van der Waals surface area (Å²) >= 11 is 0. The number of aromatic nitrogens is 2. The van der Waals surface area contributed by atoms with Crippen LogP contribution in [0.5, 0.6) is 11.5 Å². The highest BCUT2D eigenvalue weighted by Gasteiger charge is 2.10. The Balaban J connectivity index is 1.40. The van der Waals surface area contributed by atoms with Crippen LogP contribution < -0.4 is 20.3 Å². The Bertz CT molecular complexity index is 1290. The fourth-order valence-corrected chi connectivity index (χ4v) is 3.35. The first-order valence-electron chi connectivity index (χ1n) is 10.2. The molecule has 7 nitrogen and oxygen atoms in total. The second-order valence-electron chi connectivity index (χ2n) is 7.21. The zero-order valence-electron chi connectivity index (χ0n) is 17.7. The highest BCUT2D eigenvalue weighted by molar-refractivity contribution is 5.79. The molecule has 32 heavy (non-hydrogen) atoms. The van der Waals surface area contributed by atoms with Crippen molar-refractivity contribution in [1.82, 2.24) is 14.9 Å². The third kappa shape index (κ3) is 4.95. The van der Waals surface area contributed by atoms with E-state index in [9.17, 15) is 9.59 Å². The van der Waals surface area contributed by atoms with Crippen LogP contribution in [-0.4, -0.2) is 22.6 Å². The van der Waals surface area contributed by atoms with Crippen LogP contribution >= 0.6 is 0 Å². The SMILES string of the molecule is COc1cc(CNC(=O)Cn2c(=O)cnc3ccccc32)ccc1OCc1ccccc1. The molecule has 162 valence electrons. The predicted molar refractivity (Wildman–Crippen MR) is 122 cm³/mol. The van der Waals surface area contributed by atoms with E-state index in [2.05, 4.69) is 10.3 Å². The van der Waals surface area contributed by atoms with Crippen molar-refractivity contribution in [2.24, 2.45) is 0 Å². The monoisotopic (exact) mass is 429 g/mol. The Morgan fingerprint density at radius 2 is 1.75 bits per heavy atom. The first-order valence-corrected chi connectivity index (χ1v) is 10.2. The molecule has 0 unspecified atom stereocenters. The van der Waals surface area contributed by atoms with Gasteiger partial charge in [0.25, 0.3) is 5.56 Å². The van der Waals surface area contributed by atoms with Crippen molar-refractivity contribution in [3.63, 3.8) is 0 Å². The molecule has 0 aliphatic rings. The molecule has 0 aliphatic carbocycles. The van der Waals surface area contributed by atoms with E-state index in [4.69, 9.17) is 9.47 Å². The summed E-state index contributed by atoms with van der Waals surface area (Å²) in [5, 5.41) is 2.85. The zero-order valence-corrected chi connectivity index (χ0v) is 17.7. The molecule has 4 rings (SSSR count). The lowest BCUT2D eigenvalue weighted by Crippen LogP contribution is -2.32. The summed E-state index contributed by atoms with van der Waals surface area (Å²) in [6, 6.07) is 22.6. The summed E-state index contributed by atoms with van der Waals surface area (Å²) in [5.74, 6) is 0.942. The summed E-state index contributed by atoms with van der Waals surface area (Å²) in [4.78, 5) is 28.8. The topological polar surface area (TPSA) is 82.5 Å². The third-order valence-corrected chi connectivity index (χ3v) is 5.01. The smallest absolute Gasteiger partial charge is 0.269 e. The van der Waals surface area contributed by atoms with Gasteiger partial charge < -0.3 is 14.8 Å². The fraction of sp³-hybridized carbons (Fsp3) is 0.160. The van der Waals surface area contributed by atoms with Crippen LogP contribution in [0.25, 0.3) is 11.0 Å². The Kier molecular flexibility index (Phi) is 6.46. The minimum atomic E-state index is -0.319. The molecule has 3 aromatic carbocycles. The van der Waals surface area contributed by atoms with Gasteiger partial charge in [-0.3, -0.25) is 14.2 Å². The number of carbonyl (C=O) groups excluding carboxylic acids is 1. The summed E-state index contributed by atoms with van der Waals surface area (Å²) in [7, 11) is 1.58. The Morgan fingerprint density at radius 3 is 2.56 bits per heavy atom. The van der Waals surface area contributed by atoms with Gasteiger partial charge in [-0.25, -0.2) is 4.98 Å². The average molecular weight is 429 g/mol. The lowest BCUT2D eigenvalue weighted by molar-refractivity contribution is -0.121. The summed E-state index contributed by atoms with van der Waals surface area (Å²) in [6.07, 6.45) is 1.23. The van der Waals surface area contributed by atoms with Crippen LogP contribution in [0, 0.1) is 0 Å². The molecule has 7 heteroatoms. The van der Waals surface area contributed by atoms with Crippen LogP contribution in [-0.2, 0) is 24.5 Å². The maximum absolute atomic E-state index is 12.5. The summed E-state index contributed by atoms with van der Waals surface area (Å²) in [6.45, 7) is 0.644. The van der Waals surface area contributed by atoms with Crippen molar-refractivity contribution < 1.29 is 14.3 Å². The number of fused-ring (bicyclic) bond motifs is 1. The molecule has 0 aliphatic heterocycles. The molecule has 0 spiro atoms. The maximum atomic E-state index is 12.5. The third-order valence-electron chi connectivity index (χ3n) is 5.01. The molecule has 1 heterocycles. The molecular weight excluding hydrogens is 406 g/mol. The van der Waals surface area contributed by atoms with Crippen molar-refractivity contribution >= 4 is 16.9 Å². The highest BCUT2D eigenvalue weighted by atomic mass is 16.5. The predicted octanol–water partition coefficient (Wildman–Crippen LogP) is 3.30. The Morgan fingerprint density at radius 1 is 0.969 bits per heavy atom.